The first-order chi connectivity index (χ1) is 9.17. The smallest absolute Gasteiger partial charge is 0.304 e. The number of rotatable bonds is 4. The number of aromatic nitrogens is 1. The minimum Gasteiger partial charge on any atom is -0.441 e. The van der Waals surface area contributed by atoms with Gasteiger partial charge in [0.05, 0.1) is 18.0 Å². The van der Waals surface area contributed by atoms with Crippen molar-refractivity contribution in [3.63, 3.8) is 0 Å². The Balaban J connectivity index is 2.53. The van der Waals surface area contributed by atoms with Crippen molar-refractivity contribution in [1.29, 1.82) is 5.26 Å². The van der Waals surface area contributed by atoms with Crippen LogP contribution in [-0.4, -0.2) is 10.5 Å². The van der Waals surface area contributed by atoms with Crippen molar-refractivity contribution in [3.05, 3.63) is 36.0 Å². The molecule has 1 heterocycles. The molecule has 19 heavy (non-hydrogen) atoms. The lowest BCUT2D eigenvalue weighted by Crippen LogP contribution is -2.14. The van der Waals surface area contributed by atoms with Gasteiger partial charge in [-0.15, -0.1) is 0 Å². The molecule has 2 rings (SSSR count). The molecule has 0 N–H and O–H groups in total. The topological polar surface area (TPSA) is 55.0 Å². The summed E-state index contributed by atoms with van der Waals surface area (Å²) in [5.41, 5.74) is 1.95. The highest BCUT2D eigenvalue weighted by Crippen LogP contribution is 2.27. The molecule has 98 valence electrons. The number of para-hydroxylation sites is 1. The van der Waals surface area contributed by atoms with Gasteiger partial charge in [-0.05, 0) is 11.6 Å². The largest absolute Gasteiger partial charge is 0.441 e. The van der Waals surface area contributed by atoms with E-state index in [0.717, 1.165) is 16.5 Å². The van der Waals surface area contributed by atoms with Gasteiger partial charge in [0, 0.05) is 24.9 Å². The zero-order valence-electron chi connectivity index (χ0n) is 11.1. The lowest BCUT2D eigenvalue weighted by Gasteiger charge is -2.18. The van der Waals surface area contributed by atoms with Gasteiger partial charge in [0.1, 0.15) is 0 Å². The molecule has 0 fully saturated rings. The number of hydrogen-bond acceptors (Lipinski definition) is 3. The molecule has 0 spiro atoms. The Morgan fingerprint density at radius 3 is 2.84 bits per heavy atom. The van der Waals surface area contributed by atoms with Crippen molar-refractivity contribution in [2.24, 2.45) is 0 Å². The highest BCUT2D eigenvalue weighted by molar-refractivity contribution is 5.84. The molecule has 2 aromatic rings. The fraction of sp³-hybridized carbons (Fsp3) is 0.333. The standard InChI is InChI=1S/C15H16N2O2/c1-3-15(19-11(2)18)17-10-12(8-9-16)13-6-4-5-7-14(13)17/h4-7,10,15H,3,8H2,1-2H3. The van der Waals surface area contributed by atoms with Gasteiger partial charge >= 0.3 is 5.97 Å². The number of hydrogen-bond donors (Lipinski definition) is 0. The third-order valence-corrected chi connectivity index (χ3v) is 3.05. The lowest BCUT2D eigenvalue weighted by molar-refractivity contribution is -0.151. The van der Waals surface area contributed by atoms with Crippen LogP contribution in [0.4, 0.5) is 0 Å². The maximum Gasteiger partial charge on any atom is 0.304 e. The van der Waals surface area contributed by atoms with Crippen molar-refractivity contribution >= 4 is 16.9 Å². The van der Waals surface area contributed by atoms with Crippen molar-refractivity contribution in [2.75, 3.05) is 0 Å². The van der Waals surface area contributed by atoms with Crippen LogP contribution in [0.2, 0.25) is 0 Å². The summed E-state index contributed by atoms with van der Waals surface area (Å²) in [4.78, 5) is 11.2. The summed E-state index contributed by atoms with van der Waals surface area (Å²) in [6.45, 7) is 3.37. The van der Waals surface area contributed by atoms with E-state index in [1.807, 2.05) is 42.0 Å². The Labute approximate surface area is 112 Å². The monoisotopic (exact) mass is 256 g/mol. The van der Waals surface area contributed by atoms with Crippen molar-refractivity contribution in [3.8, 4) is 6.07 Å². The first kappa shape index (κ1) is 13.2. The van der Waals surface area contributed by atoms with E-state index < -0.39 is 0 Å². The molecule has 1 aromatic carbocycles. The minimum atomic E-state index is -0.324. The summed E-state index contributed by atoms with van der Waals surface area (Å²) in [6, 6.07) is 10.0. The highest BCUT2D eigenvalue weighted by atomic mass is 16.6. The maximum atomic E-state index is 11.2. The number of carbonyl (C=O) groups excluding carboxylic acids is 1. The van der Waals surface area contributed by atoms with E-state index in [-0.39, 0.29) is 12.2 Å². The molecule has 0 aliphatic carbocycles. The van der Waals surface area contributed by atoms with Crippen LogP contribution in [0.5, 0.6) is 0 Å². The third kappa shape index (κ3) is 2.60. The number of fused-ring (bicyclic) bond motifs is 1. The summed E-state index contributed by atoms with van der Waals surface area (Å²) >= 11 is 0. The van der Waals surface area contributed by atoms with Crippen LogP contribution in [0, 0.1) is 11.3 Å². The number of ether oxygens (including phenoxy) is 1. The van der Waals surface area contributed by atoms with Crippen LogP contribution >= 0.6 is 0 Å². The maximum absolute atomic E-state index is 11.2. The van der Waals surface area contributed by atoms with Crippen LogP contribution in [0.1, 0.15) is 32.1 Å². The molecular weight excluding hydrogens is 240 g/mol. The molecule has 0 aliphatic heterocycles. The predicted octanol–water partition coefficient (Wildman–Crippen LogP) is 3.18. The molecule has 0 radical (unpaired) electrons. The molecular formula is C15H16N2O2. The van der Waals surface area contributed by atoms with Crippen molar-refractivity contribution in [1.82, 2.24) is 4.57 Å². The summed E-state index contributed by atoms with van der Waals surface area (Å²) in [7, 11) is 0. The third-order valence-electron chi connectivity index (χ3n) is 3.05. The van der Waals surface area contributed by atoms with E-state index in [9.17, 15) is 4.79 Å². The van der Waals surface area contributed by atoms with Gasteiger partial charge < -0.3 is 9.30 Å². The Kier molecular flexibility index (Phi) is 3.86. The normalized spacial score (nSPS) is 12.1. The van der Waals surface area contributed by atoms with Crippen LogP contribution in [0.15, 0.2) is 30.5 Å². The van der Waals surface area contributed by atoms with E-state index >= 15 is 0 Å². The Morgan fingerprint density at radius 1 is 1.47 bits per heavy atom. The molecule has 1 aromatic heterocycles. The molecule has 0 saturated heterocycles. The number of carbonyl (C=O) groups is 1. The molecule has 0 amide bonds. The van der Waals surface area contributed by atoms with E-state index in [1.165, 1.54) is 6.92 Å². The molecule has 4 heteroatoms. The van der Waals surface area contributed by atoms with Crippen molar-refractivity contribution in [2.45, 2.75) is 32.9 Å². The van der Waals surface area contributed by atoms with E-state index in [1.54, 1.807) is 0 Å². The molecule has 1 unspecified atom stereocenters. The van der Waals surface area contributed by atoms with E-state index in [0.29, 0.717) is 12.8 Å². The average Bonchev–Trinajstić information content (AvgIpc) is 2.76. The van der Waals surface area contributed by atoms with Gasteiger partial charge in [-0.1, -0.05) is 25.1 Å². The first-order valence-electron chi connectivity index (χ1n) is 6.30. The van der Waals surface area contributed by atoms with Gasteiger partial charge in [0.25, 0.3) is 0 Å². The summed E-state index contributed by atoms with van der Waals surface area (Å²) in [5, 5.41) is 9.92. The Bertz CT molecular complexity index is 637. The van der Waals surface area contributed by atoms with Crippen LogP contribution in [0.3, 0.4) is 0 Å². The van der Waals surface area contributed by atoms with Crippen LogP contribution in [-0.2, 0) is 16.0 Å². The zero-order valence-corrected chi connectivity index (χ0v) is 11.1. The number of benzene rings is 1. The minimum absolute atomic E-state index is 0.300. The summed E-state index contributed by atoms with van der Waals surface area (Å²) in [5.74, 6) is -0.300. The van der Waals surface area contributed by atoms with Crippen molar-refractivity contribution < 1.29 is 9.53 Å². The average molecular weight is 256 g/mol. The first-order valence-corrected chi connectivity index (χ1v) is 6.30. The second-order valence-electron chi connectivity index (χ2n) is 4.39. The Morgan fingerprint density at radius 2 is 2.21 bits per heavy atom. The fourth-order valence-corrected chi connectivity index (χ4v) is 2.27. The van der Waals surface area contributed by atoms with Crippen LogP contribution in [0.25, 0.3) is 10.9 Å². The molecule has 4 nitrogen and oxygen atoms in total. The van der Waals surface area contributed by atoms with Gasteiger partial charge in [0.2, 0.25) is 0 Å². The van der Waals surface area contributed by atoms with Gasteiger partial charge in [-0.3, -0.25) is 4.79 Å². The molecule has 0 bridgehead atoms. The SMILES string of the molecule is CCC(OC(C)=O)n1cc(CC#N)c2ccccc21. The molecule has 0 aliphatic rings. The number of nitrogens with zero attached hydrogens (tertiary/aromatic N) is 2. The second-order valence-corrected chi connectivity index (χ2v) is 4.39. The van der Waals surface area contributed by atoms with Crippen LogP contribution < -0.4 is 0 Å². The van der Waals surface area contributed by atoms with E-state index in [2.05, 4.69) is 6.07 Å². The van der Waals surface area contributed by atoms with Gasteiger partial charge in [-0.25, -0.2) is 0 Å². The summed E-state index contributed by atoms with van der Waals surface area (Å²) in [6.07, 6.45) is 2.62. The molecule has 0 saturated carbocycles. The quantitative estimate of drug-likeness (QED) is 0.789. The summed E-state index contributed by atoms with van der Waals surface area (Å²) < 4.78 is 7.26. The highest BCUT2D eigenvalue weighted by Gasteiger charge is 2.16. The Hall–Kier alpha value is -2.28. The molecule has 1 atom stereocenters. The number of nitriles is 1. The zero-order chi connectivity index (χ0) is 13.8. The number of esters is 1. The lowest BCUT2D eigenvalue weighted by atomic mass is 10.1. The predicted molar refractivity (Wildman–Crippen MR) is 72.3 cm³/mol. The van der Waals surface area contributed by atoms with Gasteiger partial charge in [-0.2, -0.15) is 5.26 Å². The fourth-order valence-electron chi connectivity index (χ4n) is 2.27. The second kappa shape index (κ2) is 5.57. The van der Waals surface area contributed by atoms with E-state index in [4.69, 9.17) is 10.00 Å². The van der Waals surface area contributed by atoms with Gasteiger partial charge in [0.15, 0.2) is 6.23 Å².